The maximum absolute atomic E-state index is 13.3. The van der Waals surface area contributed by atoms with Crippen LogP contribution in [0.4, 0.5) is 4.79 Å². The smallest absolute Gasteiger partial charge is 0.408 e. The van der Waals surface area contributed by atoms with Gasteiger partial charge >= 0.3 is 18.0 Å². The highest BCUT2D eigenvalue weighted by Gasteiger charge is 2.32. The number of nitrogens with one attached hydrogen (secondary N) is 3. The first kappa shape index (κ1) is 27.3. The number of carbonyl (C=O) groups is 4. The molecule has 2 aromatic carbocycles. The van der Waals surface area contributed by atoms with Crippen LogP contribution < -0.4 is 10.6 Å². The van der Waals surface area contributed by atoms with E-state index in [1.165, 1.54) is 0 Å². The summed E-state index contributed by atoms with van der Waals surface area (Å²) in [6.45, 7) is 4.89. The van der Waals surface area contributed by atoms with Crippen LogP contribution in [-0.2, 0) is 36.9 Å². The van der Waals surface area contributed by atoms with E-state index >= 15 is 0 Å². The number of rotatable bonds is 10. The number of carbonyl (C=O) groups excluding carboxylic acids is 3. The molecule has 2 atom stereocenters. The minimum Gasteiger partial charge on any atom is -0.481 e. The molecule has 196 valence electrons. The van der Waals surface area contributed by atoms with E-state index in [2.05, 4.69) is 15.6 Å². The third kappa shape index (κ3) is 8.38. The number of fused-ring (bicyclic) bond motifs is 1. The lowest BCUT2D eigenvalue weighted by Crippen LogP contribution is -2.53. The number of benzene rings is 2. The second-order valence-electron chi connectivity index (χ2n) is 9.51. The van der Waals surface area contributed by atoms with Crippen molar-refractivity contribution in [3.63, 3.8) is 0 Å². The van der Waals surface area contributed by atoms with Gasteiger partial charge in [0.25, 0.3) is 0 Å². The third-order valence-corrected chi connectivity index (χ3v) is 5.31. The molecule has 0 spiro atoms. The fraction of sp³-hybridized carbons (Fsp3) is 0.333. The van der Waals surface area contributed by atoms with Crippen molar-refractivity contribution < 1.29 is 33.8 Å². The van der Waals surface area contributed by atoms with Crippen molar-refractivity contribution in [1.29, 1.82) is 0 Å². The molecule has 0 fully saturated rings. The van der Waals surface area contributed by atoms with Gasteiger partial charge in [0.05, 0.1) is 6.42 Å². The molecule has 0 aliphatic carbocycles. The number of aliphatic carboxylic acids is 1. The summed E-state index contributed by atoms with van der Waals surface area (Å²) in [4.78, 5) is 53.0. The van der Waals surface area contributed by atoms with Crippen molar-refractivity contribution in [2.45, 2.75) is 57.9 Å². The molecule has 10 heteroatoms. The van der Waals surface area contributed by atoms with Crippen LogP contribution in [0.15, 0.2) is 60.8 Å². The Morgan fingerprint density at radius 2 is 1.62 bits per heavy atom. The summed E-state index contributed by atoms with van der Waals surface area (Å²) >= 11 is 0. The molecule has 3 aromatic rings. The number of alkyl carbamates (subject to hydrolysis) is 1. The van der Waals surface area contributed by atoms with Gasteiger partial charge in [-0.1, -0.05) is 48.5 Å². The fourth-order valence-electron chi connectivity index (χ4n) is 3.65. The molecule has 1 heterocycles. The van der Waals surface area contributed by atoms with Gasteiger partial charge in [0.15, 0.2) is 0 Å². The van der Waals surface area contributed by atoms with Crippen LogP contribution in [0.3, 0.4) is 0 Å². The molecule has 0 radical (unpaired) electrons. The molecule has 0 unspecified atom stereocenters. The van der Waals surface area contributed by atoms with Crippen molar-refractivity contribution in [3.05, 3.63) is 71.9 Å². The highest BCUT2D eigenvalue weighted by atomic mass is 16.6. The maximum Gasteiger partial charge on any atom is 0.408 e. The first-order valence-electron chi connectivity index (χ1n) is 11.8. The summed E-state index contributed by atoms with van der Waals surface area (Å²) in [5, 5.41) is 15.1. The zero-order valence-corrected chi connectivity index (χ0v) is 20.9. The van der Waals surface area contributed by atoms with Crippen LogP contribution in [0.25, 0.3) is 10.9 Å². The number of esters is 1. The average Bonchev–Trinajstić information content (AvgIpc) is 3.24. The average molecular weight is 510 g/mol. The number of aromatic amines is 1. The number of carboxylic acids is 1. The summed E-state index contributed by atoms with van der Waals surface area (Å²) in [6, 6.07) is 13.9. The number of ether oxygens (including phenoxy) is 2. The minimum atomic E-state index is -1.45. The molecule has 0 aliphatic heterocycles. The van der Waals surface area contributed by atoms with Crippen LogP contribution in [0, 0.1) is 0 Å². The highest BCUT2D eigenvalue weighted by molar-refractivity contribution is 5.92. The molecular weight excluding hydrogens is 478 g/mol. The Kier molecular flexibility index (Phi) is 8.89. The maximum atomic E-state index is 13.3. The van der Waals surface area contributed by atoms with Crippen molar-refractivity contribution in [2.24, 2.45) is 0 Å². The Hall–Kier alpha value is -4.34. The van der Waals surface area contributed by atoms with E-state index in [4.69, 9.17) is 9.47 Å². The number of amides is 2. The molecule has 4 N–H and O–H groups in total. The van der Waals surface area contributed by atoms with Gasteiger partial charge in [-0.15, -0.1) is 0 Å². The number of carboxylic acid groups (broad SMARTS) is 1. The first-order chi connectivity index (χ1) is 17.5. The van der Waals surface area contributed by atoms with Crippen molar-refractivity contribution >= 4 is 34.8 Å². The van der Waals surface area contributed by atoms with Gasteiger partial charge in [-0.2, -0.15) is 0 Å². The Balaban J connectivity index is 1.79. The number of aromatic nitrogens is 1. The van der Waals surface area contributed by atoms with Gasteiger partial charge in [0, 0.05) is 23.5 Å². The van der Waals surface area contributed by atoms with Crippen LogP contribution in [0.5, 0.6) is 0 Å². The monoisotopic (exact) mass is 509 g/mol. The van der Waals surface area contributed by atoms with E-state index in [0.717, 1.165) is 22.0 Å². The van der Waals surface area contributed by atoms with Gasteiger partial charge in [0.1, 0.15) is 24.3 Å². The van der Waals surface area contributed by atoms with E-state index in [0.29, 0.717) is 0 Å². The normalized spacial score (nSPS) is 12.8. The first-order valence-corrected chi connectivity index (χ1v) is 11.8. The minimum absolute atomic E-state index is 0.00630. The quantitative estimate of drug-likeness (QED) is 0.307. The second-order valence-corrected chi connectivity index (χ2v) is 9.51. The van der Waals surface area contributed by atoms with E-state index in [1.807, 2.05) is 42.5 Å². The predicted octanol–water partition coefficient (Wildman–Crippen LogP) is 3.31. The second kappa shape index (κ2) is 12.1. The molecule has 2 amide bonds. The van der Waals surface area contributed by atoms with Crippen LogP contribution in [0.2, 0.25) is 0 Å². The van der Waals surface area contributed by atoms with E-state index in [1.54, 1.807) is 39.1 Å². The van der Waals surface area contributed by atoms with E-state index < -0.39 is 48.0 Å². The molecule has 3 rings (SSSR count). The van der Waals surface area contributed by atoms with E-state index in [9.17, 15) is 24.3 Å². The molecule has 1 aromatic heterocycles. The standard InChI is InChI=1S/C27H31N3O7/c1-27(2,3)37-25(34)22(14-23(31)32)29-24(33)21(13-18-15-28-20-12-8-7-11-19(18)20)30-26(35)36-16-17-9-5-4-6-10-17/h4-12,15,21-22,28H,13-14,16H2,1-3H3,(H,29,33)(H,30,35)(H,31,32)/t21-,22-/m0/s1. The lowest BCUT2D eigenvalue weighted by atomic mass is 10.0. The molecule has 10 nitrogen and oxygen atoms in total. The Bertz CT molecular complexity index is 1250. The van der Waals surface area contributed by atoms with Crippen molar-refractivity contribution in [3.8, 4) is 0 Å². The van der Waals surface area contributed by atoms with Gasteiger partial charge in [-0.05, 0) is 38.0 Å². The molecule has 0 aliphatic rings. The Morgan fingerprint density at radius 3 is 2.30 bits per heavy atom. The third-order valence-electron chi connectivity index (χ3n) is 5.31. The predicted molar refractivity (Wildman–Crippen MR) is 136 cm³/mol. The van der Waals surface area contributed by atoms with Crippen LogP contribution >= 0.6 is 0 Å². The summed E-state index contributed by atoms with van der Waals surface area (Å²) in [5.41, 5.74) is 1.47. The molecule has 37 heavy (non-hydrogen) atoms. The number of para-hydroxylation sites is 1. The number of hydrogen-bond donors (Lipinski definition) is 4. The summed E-state index contributed by atoms with van der Waals surface area (Å²) in [5.74, 6) is -2.93. The number of hydrogen-bond acceptors (Lipinski definition) is 6. The zero-order valence-electron chi connectivity index (χ0n) is 20.9. The summed E-state index contributed by atoms with van der Waals surface area (Å²) in [7, 11) is 0. The molecule has 0 bridgehead atoms. The van der Waals surface area contributed by atoms with Gasteiger partial charge in [-0.25, -0.2) is 9.59 Å². The van der Waals surface area contributed by atoms with Gasteiger partial charge in [0.2, 0.25) is 5.91 Å². The topological polar surface area (TPSA) is 147 Å². The van der Waals surface area contributed by atoms with Gasteiger partial charge in [-0.3, -0.25) is 9.59 Å². The molecule has 0 saturated heterocycles. The molecule has 0 saturated carbocycles. The summed E-state index contributed by atoms with van der Waals surface area (Å²) in [6.07, 6.45) is 0.268. The zero-order chi connectivity index (χ0) is 27.0. The lowest BCUT2D eigenvalue weighted by molar-refractivity contribution is -0.161. The SMILES string of the molecule is CC(C)(C)OC(=O)[C@H](CC(=O)O)NC(=O)[C@H](Cc1c[nH]c2ccccc12)NC(=O)OCc1ccccc1. The largest absolute Gasteiger partial charge is 0.481 e. The lowest BCUT2D eigenvalue weighted by Gasteiger charge is -2.25. The summed E-state index contributed by atoms with van der Waals surface area (Å²) < 4.78 is 10.6. The fourth-order valence-corrected chi connectivity index (χ4v) is 3.65. The van der Waals surface area contributed by atoms with Crippen LogP contribution in [0.1, 0.15) is 38.3 Å². The van der Waals surface area contributed by atoms with Crippen LogP contribution in [-0.4, -0.2) is 51.7 Å². The Morgan fingerprint density at radius 1 is 0.946 bits per heavy atom. The van der Waals surface area contributed by atoms with E-state index in [-0.39, 0.29) is 13.0 Å². The number of H-pyrrole nitrogens is 1. The van der Waals surface area contributed by atoms with Gasteiger partial charge < -0.3 is 30.2 Å². The van der Waals surface area contributed by atoms with Crippen molar-refractivity contribution in [1.82, 2.24) is 15.6 Å². The Labute approximate surface area is 214 Å². The van der Waals surface area contributed by atoms with Crippen molar-refractivity contribution in [2.75, 3.05) is 0 Å². The molecular formula is C27H31N3O7. The highest BCUT2D eigenvalue weighted by Crippen LogP contribution is 2.19.